The first-order chi connectivity index (χ1) is 12.2. The minimum atomic E-state index is -0.974. The second-order valence-corrected chi connectivity index (χ2v) is 6.67. The lowest BCUT2D eigenvalue weighted by atomic mass is 10.1. The van der Waals surface area contributed by atoms with Crippen LogP contribution in [-0.4, -0.2) is 56.8 Å². The van der Waals surface area contributed by atoms with Crippen molar-refractivity contribution < 1.29 is 19.2 Å². The van der Waals surface area contributed by atoms with Gasteiger partial charge in [-0.3, -0.25) is 19.2 Å². The first-order valence-corrected chi connectivity index (χ1v) is 8.90. The number of carbonyl (C=O) groups is 4. The van der Waals surface area contributed by atoms with Gasteiger partial charge in [-0.2, -0.15) is 0 Å². The number of aromatic nitrogens is 2. The van der Waals surface area contributed by atoms with Crippen molar-refractivity contribution >= 4 is 34.6 Å². The molecule has 0 fully saturated rings. The van der Waals surface area contributed by atoms with E-state index in [-0.39, 0.29) is 36.2 Å². The molecule has 0 radical (unpaired) electrons. The summed E-state index contributed by atoms with van der Waals surface area (Å²) in [7, 11) is 1.78. The second kappa shape index (κ2) is 10.6. The number of aryl methyl sites for hydroxylation is 1. The summed E-state index contributed by atoms with van der Waals surface area (Å²) < 4.78 is 1.74. The number of thioether (sulfide) groups is 1. The van der Waals surface area contributed by atoms with Gasteiger partial charge in [0, 0.05) is 51.0 Å². The number of imidazole rings is 1. The van der Waals surface area contributed by atoms with E-state index in [1.165, 1.54) is 6.92 Å². The Morgan fingerprint density at radius 1 is 1.27 bits per heavy atom. The molecule has 0 aliphatic carbocycles. The zero-order chi connectivity index (χ0) is 19.7. The number of hydrogen-bond acceptors (Lipinski definition) is 7. The van der Waals surface area contributed by atoms with Crippen LogP contribution in [0.1, 0.15) is 19.0 Å². The first-order valence-electron chi connectivity index (χ1n) is 7.92. The van der Waals surface area contributed by atoms with E-state index in [0.29, 0.717) is 0 Å². The van der Waals surface area contributed by atoms with Crippen LogP contribution >= 0.6 is 11.8 Å². The molecule has 1 unspecified atom stereocenters. The smallest absolute Gasteiger partial charge is 0.240 e. The van der Waals surface area contributed by atoms with Crippen LogP contribution in [0.2, 0.25) is 0 Å². The fourth-order valence-electron chi connectivity index (χ4n) is 2.09. The van der Waals surface area contributed by atoms with Crippen LogP contribution in [0, 0.1) is 0 Å². The third-order valence-corrected chi connectivity index (χ3v) is 4.50. The highest BCUT2D eigenvalue weighted by Gasteiger charge is 2.25. The summed E-state index contributed by atoms with van der Waals surface area (Å²) >= 11 is 0.821. The number of primary amides is 1. The molecule has 0 aliphatic rings. The molecule has 26 heavy (non-hydrogen) atoms. The zero-order valence-corrected chi connectivity index (χ0v) is 15.5. The average molecular weight is 384 g/mol. The molecule has 0 aliphatic heterocycles. The summed E-state index contributed by atoms with van der Waals surface area (Å²) in [6, 6.07) is -1.79. The molecule has 0 saturated carbocycles. The molecule has 1 aromatic rings. The molecule has 2 atom stereocenters. The number of amides is 3. The zero-order valence-electron chi connectivity index (χ0n) is 14.7. The Labute approximate surface area is 155 Å². The van der Waals surface area contributed by atoms with E-state index in [1.807, 2.05) is 0 Å². The van der Waals surface area contributed by atoms with E-state index in [9.17, 15) is 19.2 Å². The average Bonchev–Trinajstić information content (AvgIpc) is 2.95. The topological polar surface area (TPSA) is 162 Å². The Kier molecular flexibility index (Phi) is 8.79. The number of carbonyl (C=O) groups excluding carboxylic acids is 4. The number of nitrogens with two attached hydrogens (primary N) is 2. The van der Waals surface area contributed by atoms with Gasteiger partial charge in [-0.15, -0.1) is 0 Å². The van der Waals surface area contributed by atoms with Gasteiger partial charge in [0.2, 0.25) is 22.8 Å². The van der Waals surface area contributed by atoms with Crippen molar-refractivity contribution in [1.82, 2.24) is 20.2 Å². The number of hydrogen-bond donors (Lipinski definition) is 4. The summed E-state index contributed by atoms with van der Waals surface area (Å²) in [6.07, 6.45) is 3.52. The number of rotatable bonds is 10. The van der Waals surface area contributed by atoms with Crippen molar-refractivity contribution in [2.24, 2.45) is 18.5 Å². The van der Waals surface area contributed by atoms with Crippen LogP contribution in [0.5, 0.6) is 0 Å². The number of nitrogens with one attached hydrogen (secondary N) is 2. The predicted molar refractivity (Wildman–Crippen MR) is 96.8 cm³/mol. The molecule has 11 heteroatoms. The van der Waals surface area contributed by atoms with Gasteiger partial charge in [0.1, 0.15) is 12.1 Å². The van der Waals surface area contributed by atoms with E-state index in [0.717, 1.165) is 17.5 Å². The van der Waals surface area contributed by atoms with Crippen molar-refractivity contribution in [2.75, 3.05) is 12.3 Å². The molecule has 0 spiro atoms. The second-order valence-electron chi connectivity index (χ2n) is 5.64. The summed E-state index contributed by atoms with van der Waals surface area (Å²) in [4.78, 5) is 50.9. The van der Waals surface area contributed by atoms with Crippen LogP contribution in [0.4, 0.5) is 0 Å². The van der Waals surface area contributed by atoms with Crippen LogP contribution in [0.3, 0.4) is 0 Å². The van der Waals surface area contributed by atoms with Crippen LogP contribution in [0.15, 0.2) is 12.5 Å². The normalized spacial score (nSPS) is 12.9. The summed E-state index contributed by atoms with van der Waals surface area (Å²) in [6.45, 7) is 1.42. The largest absolute Gasteiger partial charge is 0.368 e. The van der Waals surface area contributed by atoms with E-state index in [2.05, 4.69) is 15.6 Å². The quantitative estimate of drug-likeness (QED) is 0.364. The minimum Gasteiger partial charge on any atom is -0.368 e. The molecule has 3 amide bonds. The molecular formula is C15H24N6O4S. The van der Waals surface area contributed by atoms with Gasteiger partial charge in [0.05, 0.1) is 6.33 Å². The third-order valence-electron chi connectivity index (χ3n) is 3.43. The molecule has 1 rings (SSSR count). The maximum atomic E-state index is 12.6. The van der Waals surface area contributed by atoms with Gasteiger partial charge >= 0.3 is 0 Å². The Morgan fingerprint density at radius 2 is 1.96 bits per heavy atom. The van der Waals surface area contributed by atoms with Crippen LogP contribution in [-0.2, 0) is 32.6 Å². The van der Waals surface area contributed by atoms with Gasteiger partial charge in [0.25, 0.3) is 0 Å². The summed E-state index contributed by atoms with van der Waals surface area (Å²) in [5, 5.41) is 4.67. The maximum Gasteiger partial charge on any atom is 0.240 e. The molecule has 0 saturated heterocycles. The Balaban J connectivity index is 2.78. The van der Waals surface area contributed by atoms with Gasteiger partial charge in [-0.05, 0) is 0 Å². The highest BCUT2D eigenvalue weighted by molar-refractivity contribution is 8.13. The Bertz CT molecular complexity index is 662. The summed E-state index contributed by atoms with van der Waals surface area (Å²) in [5.41, 5.74) is 11.3. The van der Waals surface area contributed by atoms with Crippen molar-refractivity contribution in [1.29, 1.82) is 0 Å². The first kappa shape index (κ1) is 21.6. The van der Waals surface area contributed by atoms with E-state index in [4.69, 9.17) is 11.5 Å². The monoisotopic (exact) mass is 384 g/mol. The molecule has 0 aromatic carbocycles. The molecule has 10 nitrogen and oxygen atoms in total. The van der Waals surface area contributed by atoms with Crippen molar-refractivity contribution in [3.05, 3.63) is 18.2 Å². The lowest BCUT2D eigenvalue weighted by Crippen LogP contribution is -2.47. The fraction of sp³-hybridized carbons (Fsp3) is 0.533. The van der Waals surface area contributed by atoms with Crippen LogP contribution in [0.25, 0.3) is 0 Å². The molecule has 6 N–H and O–H groups in total. The third kappa shape index (κ3) is 7.23. The van der Waals surface area contributed by atoms with Crippen molar-refractivity contribution in [3.63, 3.8) is 0 Å². The van der Waals surface area contributed by atoms with E-state index in [1.54, 1.807) is 24.1 Å². The lowest BCUT2D eigenvalue weighted by Gasteiger charge is -2.19. The fourth-order valence-corrected chi connectivity index (χ4v) is 3.01. The van der Waals surface area contributed by atoms with E-state index >= 15 is 0 Å². The van der Waals surface area contributed by atoms with Gasteiger partial charge < -0.3 is 26.7 Å². The SMILES string of the molecule is CC(=O)N[C@H](CSC(=O)C(Cc1cncn1C)NC(=O)CCN)C(N)=O. The highest BCUT2D eigenvalue weighted by Crippen LogP contribution is 2.13. The van der Waals surface area contributed by atoms with Gasteiger partial charge in [0.15, 0.2) is 0 Å². The predicted octanol–water partition coefficient (Wildman–Crippen LogP) is -1.95. The standard InChI is InChI=1S/C15H24N6O4S/c1-9(22)19-12(14(17)24)7-26-15(25)11(20-13(23)3-4-16)5-10-6-18-8-21(10)2/h6,8,11-12H,3-5,7,16H2,1-2H3,(H2,17,24)(H,19,22)(H,20,23)/t11?,12-/m1/s1. The number of nitrogens with zero attached hydrogens (tertiary/aromatic N) is 2. The minimum absolute atomic E-state index is 0.0254. The van der Waals surface area contributed by atoms with Crippen LogP contribution < -0.4 is 22.1 Å². The summed E-state index contributed by atoms with van der Waals surface area (Å²) in [5.74, 6) is -1.54. The molecule has 1 aromatic heterocycles. The Morgan fingerprint density at radius 3 is 2.46 bits per heavy atom. The molecule has 1 heterocycles. The van der Waals surface area contributed by atoms with Gasteiger partial charge in [-0.1, -0.05) is 11.8 Å². The van der Waals surface area contributed by atoms with Crippen molar-refractivity contribution in [2.45, 2.75) is 31.8 Å². The van der Waals surface area contributed by atoms with Gasteiger partial charge in [-0.25, -0.2) is 4.98 Å². The Hall–Kier alpha value is -2.40. The molecular weight excluding hydrogens is 360 g/mol. The molecule has 0 bridgehead atoms. The maximum absolute atomic E-state index is 12.6. The van der Waals surface area contributed by atoms with Crippen molar-refractivity contribution in [3.8, 4) is 0 Å². The highest BCUT2D eigenvalue weighted by atomic mass is 32.2. The van der Waals surface area contributed by atoms with E-state index < -0.39 is 23.9 Å². The lowest BCUT2D eigenvalue weighted by molar-refractivity contribution is -0.125. The molecule has 144 valence electrons.